The zero-order chi connectivity index (χ0) is 20.1. The van der Waals surface area contributed by atoms with E-state index in [1.165, 1.54) is 11.1 Å². The lowest BCUT2D eigenvalue weighted by Crippen LogP contribution is -2.47. The van der Waals surface area contributed by atoms with Crippen molar-refractivity contribution in [1.29, 1.82) is 0 Å². The van der Waals surface area contributed by atoms with Crippen molar-refractivity contribution in [3.8, 4) is 0 Å². The van der Waals surface area contributed by atoms with Crippen molar-refractivity contribution in [2.24, 2.45) is 10.9 Å². The number of aryl methyl sites for hydroxylation is 2. The Morgan fingerprint density at radius 2 is 2.14 bits per heavy atom. The highest BCUT2D eigenvalue weighted by atomic mass is 16.5. The third-order valence-corrected chi connectivity index (χ3v) is 5.83. The second-order valence-corrected chi connectivity index (χ2v) is 8.06. The van der Waals surface area contributed by atoms with E-state index >= 15 is 0 Å². The summed E-state index contributed by atoms with van der Waals surface area (Å²) in [6.45, 7) is 7.49. The molecule has 1 aromatic heterocycles. The van der Waals surface area contributed by atoms with Crippen LogP contribution in [0.1, 0.15) is 49.2 Å². The molecule has 29 heavy (non-hydrogen) atoms. The molecule has 3 unspecified atom stereocenters. The number of benzene rings is 1. The van der Waals surface area contributed by atoms with Crippen LogP contribution in [0.5, 0.6) is 0 Å². The molecule has 3 heterocycles. The summed E-state index contributed by atoms with van der Waals surface area (Å²) in [6.07, 6.45) is 6.01. The Labute approximate surface area is 173 Å². The Morgan fingerprint density at radius 3 is 2.97 bits per heavy atom. The number of nitrogens with one attached hydrogen (secondary N) is 2. The summed E-state index contributed by atoms with van der Waals surface area (Å²) in [7, 11) is 0. The van der Waals surface area contributed by atoms with Gasteiger partial charge in [0.2, 0.25) is 0 Å². The minimum atomic E-state index is 0.128. The molecule has 0 bridgehead atoms. The number of hydrogen-bond acceptors (Lipinski definition) is 4. The Morgan fingerprint density at radius 1 is 1.28 bits per heavy atom. The van der Waals surface area contributed by atoms with Gasteiger partial charge in [-0.25, -0.2) is 9.67 Å². The van der Waals surface area contributed by atoms with Crippen LogP contribution in [-0.4, -0.2) is 46.5 Å². The fourth-order valence-electron chi connectivity index (χ4n) is 4.23. The summed E-state index contributed by atoms with van der Waals surface area (Å²) < 4.78 is 8.15. The molecule has 2 aliphatic rings. The molecule has 2 aromatic rings. The molecular weight excluding hydrogens is 364 g/mol. The monoisotopic (exact) mass is 396 g/mol. The summed E-state index contributed by atoms with van der Waals surface area (Å²) in [4.78, 5) is 9.25. The Balaban J connectivity index is 1.41. The largest absolute Gasteiger partial charge is 0.373 e. The molecule has 1 saturated heterocycles. The SMILES string of the molecule is CCNC(=NCC1CCCOC1c1ccc(C)cc1)NC1CCc2ncnn2C1. The zero-order valence-electron chi connectivity index (χ0n) is 17.5. The molecule has 1 aromatic carbocycles. The first kappa shape index (κ1) is 19.9. The van der Waals surface area contributed by atoms with E-state index in [0.717, 1.165) is 63.7 Å². The number of hydrogen-bond donors (Lipinski definition) is 2. The van der Waals surface area contributed by atoms with E-state index in [1.54, 1.807) is 6.33 Å². The van der Waals surface area contributed by atoms with Crippen molar-refractivity contribution in [2.75, 3.05) is 19.7 Å². The first-order valence-corrected chi connectivity index (χ1v) is 10.8. The minimum Gasteiger partial charge on any atom is -0.373 e. The molecule has 3 atom stereocenters. The topological polar surface area (TPSA) is 76.4 Å². The van der Waals surface area contributed by atoms with Crippen LogP contribution in [0.4, 0.5) is 0 Å². The lowest BCUT2D eigenvalue weighted by atomic mass is 9.89. The van der Waals surface area contributed by atoms with Gasteiger partial charge >= 0.3 is 0 Å². The normalized spacial score (nSPS) is 24.8. The van der Waals surface area contributed by atoms with Crippen molar-refractivity contribution in [2.45, 2.75) is 58.2 Å². The molecular formula is C22H32N6O. The molecule has 0 amide bonds. The summed E-state index contributed by atoms with van der Waals surface area (Å²) in [5.74, 6) is 2.36. The van der Waals surface area contributed by atoms with E-state index in [4.69, 9.17) is 9.73 Å². The second kappa shape index (κ2) is 9.39. The van der Waals surface area contributed by atoms with E-state index in [1.807, 2.05) is 4.68 Å². The van der Waals surface area contributed by atoms with Crippen LogP contribution in [0.15, 0.2) is 35.6 Å². The highest BCUT2D eigenvalue weighted by molar-refractivity contribution is 5.80. The number of nitrogens with zero attached hydrogens (tertiary/aromatic N) is 4. The maximum absolute atomic E-state index is 6.16. The van der Waals surface area contributed by atoms with Crippen LogP contribution in [0.25, 0.3) is 0 Å². The quantitative estimate of drug-likeness (QED) is 0.600. The molecule has 156 valence electrons. The molecule has 0 saturated carbocycles. The summed E-state index contributed by atoms with van der Waals surface area (Å²) >= 11 is 0. The third-order valence-electron chi connectivity index (χ3n) is 5.83. The smallest absolute Gasteiger partial charge is 0.191 e. The van der Waals surface area contributed by atoms with Gasteiger partial charge in [-0.3, -0.25) is 4.99 Å². The van der Waals surface area contributed by atoms with Gasteiger partial charge in [-0.05, 0) is 38.7 Å². The van der Waals surface area contributed by atoms with Crippen LogP contribution >= 0.6 is 0 Å². The number of aromatic nitrogens is 3. The van der Waals surface area contributed by atoms with Crippen LogP contribution in [-0.2, 0) is 17.7 Å². The van der Waals surface area contributed by atoms with Gasteiger partial charge in [0.05, 0.1) is 12.6 Å². The molecule has 2 N–H and O–H groups in total. The van der Waals surface area contributed by atoms with Crippen LogP contribution < -0.4 is 10.6 Å². The fourth-order valence-corrected chi connectivity index (χ4v) is 4.23. The van der Waals surface area contributed by atoms with Gasteiger partial charge in [0, 0.05) is 38.1 Å². The molecule has 1 fully saturated rings. The number of guanidine groups is 1. The highest BCUT2D eigenvalue weighted by Gasteiger charge is 2.27. The molecule has 7 heteroatoms. The first-order valence-electron chi connectivity index (χ1n) is 10.8. The van der Waals surface area contributed by atoms with Crippen LogP contribution in [0.2, 0.25) is 0 Å². The average Bonchev–Trinajstić information content (AvgIpc) is 3.21. The molecule has 4 rings (SSSR count). The number of fused-ring (bicyclic) bond motifs is 1. The van der Waals surface area contributed by atoms with Gasteiger partial charge in [0.1, 0.15) is 12.2 Å². The molecule has 0 radical (unpaired) electrons. The van der Waals surface area contributed by atoms with Crippen molar-refractivity contribution in [3.05, 3.63) is 47.5 Å². The number of ether oxygens (including phenoxy) is 1. The van der Waals surface area contributed by atoms with Crippen LogP contribution in [0.3, 0.4) is 0 Å². The van der Waals surface area contributed by atoms with Crippen LogP contribution in [0, 0.1) is 12.8 Å². The first-order chi connectivity index (χ1) is 14.2. The molecule has 0 spiro atoms. The summed E-state index contributed by atoms with van der Waals surface area (Å²) in [5, 5.41) is 11.3. The second-order valence-electron chi connectivity index (χ2n) is 8.06. The fraction of sp³-hybridized carbons (Fsp3) is 0.591. The van der Waals surface area contributed by atoms with Crippen molar-refractivity contribution in [3.63, 3.8) is 0 Å². The van der Waals surface area contributed by atoms with Gasteiger partial charge in [-0.2, -0.15) is 5.10 Å². The van der Waals surface area contributed by atoms with Crippen molar-refractivity contribution < 1.29 is 4.74 Å². The summed E-state index contributed by atoms with van der Waals surface area (Å²) in [5.41, 5.74) is 2.54. The Bertz CT molecular complexity index is 815. The summed E-state index contributed by atoms with van der Waals surface area (Å²) in [6, 6.07) is 9.05. The molecule has 7 nitrogen and oxygen atoms in total. The van der Waals surface area contributed by atoms with E-state index in [-0.39, 0.29) is 6.10 Å². The van der Waals surface area contributed by atoms with E-state index in [2.05, 4.69) is 58.8 Å². The third kappa shape index (κ3) is 4.96. The van der Waals surface area contributed by atoms with Gasteiger partial charge in [0.25, 0.3) is 0 Å². The van der Waals surface area contributed by atoms with Gasteiger partial charge in [0.15, 0.2) is 5.96 Å². The van der Waals surface area contributed by atoms with Gasteiger partial charge in [-0.15, -0.1) is 0 Å². The Hall–Kier alpha value is -2.41. The lowest BCUT2D eigenvalue weighted by Gasteiger charge is -2.31. The van der Waals surface area contributed by atoms with Crippen molar-refractivity contribution in [1.82, 2.24) is 25.4 Å². The van der Waals surface area contributed by atoms with E-state index in [9.17, 15) is 0 Å². The average molecular weight is 397 g/mol. The maximum Gasteiger partial charge on any atom is 0.191 e. The van der Waals surface area contributed by atoms with E-state index in [0.29, 0.717) is 12.0 Å². The molecule has 0 aliphatic carbocycles. The van der Waals surface area contributed by atoms with Gasteiger partial charge in [-0.1, -0.05) is 29.8 Å². The zero-order valence-corrected chi connectivity index (χ0v) is 17.5. The van der Waals surface area contributed by atoms with Crippen molar-refractivity contribution >= 4 is 5.96 Å². The van der Waals surface area contributed by atoms with E-state index < -0.39 is 0 Å². The number of aliphatic imine (C=N–C) groups is 1. The standard InChI is InChI=1S/C22H32N6O/c1-3-23-22(27-19-10-11-20-25-15-26-28(20)14-19)24-13-18-5-4-12-29-21(18)17-8-6-16(2)7-9-17/h6-9,15,18-19,21H,3-5,10-14H2,1-2H3,(H2,23,24,27). The predicted octanol–water partition coefficient (Wildman–Crippen LogP) is 2.62. The molecule has 2 aliphatic heterocycles. The minimum absolute atomic E-state index is 0.128. The maximum atomic E-state index is 6.16. The van der Waals surface area contributed by atoms with Gasteiger partial charge < -0.3 is 15.4 Å². The lowest BCUT2D eigenvalue weighted by molar-refractivity contribution is -0.0250. The Kier molecular flexibility index (Phi) is 6.44. The predicted molar refractivity (Wildman–Crippen MR) is 114 cm³/mol. The highest BCUT2D eigenvalue weighted by Crippen LogP contribution is 2.34. The number of rotatable bonds is 5.